The highest BCUT2D eigenvalue weighted by Crippen LogP contribution is 2.08. The Morgan fingerprint density at radius 2 is 2.05 bits per heavy atom. The van der Waals surface area contributed by atoms with Gasteiger partial charge in [-0.25, -0.2) is 13.2 Å². The van der Waals surface area contributed by atoms with Gasteiger partial charge in [-0.1, -0.05) is 13.8 Å². The van der Waals surface area contributed by atoms with Gasteiger partial charge in [0.05, 0.1) is 18.6 Å². The van der Waals surface area contributed by atoms with E-state index < -0.39 is 27.9 Å². The molecule has 0 aromatic rings. The molecule has 1 aliphatic rings. The number of nitrogens with one attached hydrogen (secondary N) is 2. The van der Waals surface area contributed by atoms with Crippen molar-refractivity contribution >= 4 is 21.7 Å². The normalized spacial score (nSPS) is 22.6. The van der Waals surface area contributed by atoms with Crippen molar-refractivity contribution in [1.82, 2.24) is 10.6 Å². The SMILES string of the molecule is COC(=O)[C@H](CC(C)C)NC(=O)CC1CS(=O)(=O)CCN1. The minimum Gasteiger partial charge on any atom is -0.467 e. The van der Waals surface area contributed by atoms with Crippen LogP contribution in [-0.4, -0.2) is 57.5 Å². The maximum atomic E-state index is 12.0. The molecule has 0 aromatic heterocycles. The maximum Gasteiger partial charge on any atom is 0.328 e. The van der Waals surface area contributed by atoms with Crippen molar-refractivity contribution in [2.45, 2.75) is 38.8 Å². The van der Waals surface area contributed by atoms with Crippen LogP contribution >= 0.6 is 0 Å². The van der Waals surface area contributed by atoms with E-state index >= 15 is 0 Å². The summed E-state index contributed by atoms with van der Waals surface area (Å²) >= 11 is 0. The zero-order chi connectivity index (χ0) is 16.0. The largest absolute Gasteiger partial charge is 0.467 e. The summed E-state index contributed by atoms with van der Waals surface area (Å²) in [5.74, 6) is -0.555. The molecule has 0 spiro atoms. The lowest BCUT2D eigenvalue weighted by Gasteiger charge is -2.24. The van der Waals surface area contributed by atoms with Crippen LogP contribution in [0.3, 0.4) is 0 Å². The number of methoxy groups -OCH3 is 1. The molecule has 1 saturated heterocycles. The Balaban J connectivity index is 2.55. The van der Waals surface area contributed by atoms with Gasteiger partial charge < -0.3 is 15.4 Å². The third-order valence-corrected chi connectivity index (χ3v) is 5.00. The van der Waals surface area contributed by atoms with Crippen LogP contribution in [0.1, 0.15) is 26.7 Å². The van der Waals surface area contributed by atoms with E-state index in [1.165, 1.54) is 7.11 Å². The highest BCUT2D eigenvalue weighted by Gasteiger charge is 2.28. The lowest BCUT2D eigenvalue weighted by atomic mass is 10.0. The van der Waals surface area contributed by atoms with Crippen molar-refractivity contribution in [3.63, 3.8) is 0 Å². The van der Waals surface area contributed by atoms with E-state index in [1.807, 2.05) is 13.8 Å². The van der Waals surface area contributed by atoms with Crippen LogP contribution in [0.2, 0.25) is 0 Å². The maximum absolute atomic E-state index is 12.0. The van der Waals surface area contributed by atoms with Gasteiger partial charge >= 0.3 is 5.97 Å². The standard InChI is InChI=1S/C13H24N2O5S/c1-9(2)6-11(13(17)20-3)15-12(16)7-10-8-21(18,19)5-4-14-10/h9-11,14H,4-8H2,1-3H3,(H,15,16)/t10?,11-/m0/s1. The molecule has 21 heavy (non-hydrogen) atoms. The van der Waals surface area contributed by atoms with Gasteiger partial charge in [-0.15, -0.1) is 0 Å². The molecule has 1 heterocycles. The first-order valence-electron chi connectivity index (χ1n) is 7.04. The molecule has 0 radical (unpaired) electrons. The second kappa shape index (κ2) is 7.74. The average molecular weight is 320 g/mol. The summed E-state index contributed by atoms with van der Waals surface area (Å²) in [6, 6.07) is -1.09. The number of rotatable bonds is 6. The molecule has 1 rings (SSSR count). The number of hydrogen-bond acceptors (Lipinski definition) is 6. The zero-order valence-corrected chi connectivity index (χ0v) is 13.5. The molecule has 1 fully saturated rings. The number of carbonyl (C=O) groups is 2. The number of sulfone groups is 1. The Morgan fingerprint density at radius 1 is 1.38 bits per heavy atom. The van der Waals surface area contributed by atoms with Crippen LogP contribution in [0.15, 0.2) is 0 Å². The number of ether oxygens (including phenoxy) is 1. The summed E-state index contributed by atoms with van der Waals surface area (Å²) < 4.78 is 27.7. The molecule has 7 nitrogen and oxygen atoms in total. The third-order valence-electron chi connectivity index (χ3n) is 3.26. The summed E-state index contributed by atoms with van der Waals surface area (Å²) in [6.07, 6.45) is 0.514. The summed E-state index contributed by atoms with van der Waals surface area (Å²) in [4.78, 5) is 23.6. The Bertz CT molecular complexity index is 475. The summed E-state index contributed by atoms with van der Waals surface area (Å²) in [7, 11) is -1.81. The van der Waals surface area contributed by atoms with Crippen molar-refractivity contribution in [2.24, 2.45) is 5.92 Å². The zero-order valence-electron chi connectivity index (χ0n) is 12.7. The van der Waals surface area contributed by atoms with E-state index in [0.717, 1.165) is 0 Å². The molecular weight excluding hydrogens is 296 g/mol. The molecule has 0 bridgehead atoms. The monoisotopic (exact) mass is 320 g/mol. The highest BCUT2D eigenvalue weighted by atomic mass is 32.2. The van der Waals surface area contributed by atoms with E-state index in [0.29, 0.717) is 13.0 Å². The quantitative estimate of drug-likeness (QED) is 0.638. The Hall–Kier alpha value is -1.15. The molecular formula is C13H24N2O5S. The molecule has 2 atom stereocenters. The van der Waals surface area contributed by atoms with E-state index in [1.54, 1.807) is 0 Å². The topological polar surface area (TPSA) is 102 Å². The molecule has 1 amide bonds. The molecule has 0 aliphatic carbocycles. The molecule has 122 valence electrons. The molecule has 1 aliphatic heterocycles. The number of carbonyl (C=O) groups excluding carboxylic acids is 2. The lowest BCUT2D eigenvalue weighted by Crippen LogP contribution is -2.49. The van der Waals surface area contributed by atoms with Crippen molar-refractivity contribution < 1.29 is 22.7 Å². The summed E-state index contributed by atoms with van der Waals surface area (Å²) in [5, 5.41) is 5.63. The second-order valence-electron chi connectivity index (χ2n) is 5.74. The predicted octanol–water partition coefficient (Wildman–Crippen LogP) is -0.533. The van der Waals surface area contributed by atoms with E-state index in [-0.39, 0.29) is 29.8 Å². The first kappa shape index (κ1) is 17.9. The fourth-order valence-corrected chi connectivity index (χ4v) is 3.75. The smallest absolute Gasteiger partial charge is 0.328 e. The van der Waals surface area contributed by atoms with Gasteiger partial charge in [0.25, 0.3) is 0 Å². The Labute approximate surface area is 125 Å². The van der Waals surface area contributed by atoms with Crippen LogP contribution in [0.4, 0.5) is 0 Å². The van der Waals surface area contributed by atoms with Crippen molar-refractivity contribution in [3.8, 4) is 0 Å². The van der Waals surface area contributed by atoms with Gasteiger partial charge in [0, 0.05) is 19.0 Å². The number of hydrogen-bond donors (Lipinski definition) is 2. The summed E-state index contributed by atoms with van der Waals surface area (Å²) in [5.41, 5.74) is 0. The first-order chi connectivity index (χ1) is 9.73. The fourth-order valence-electron chi connectivity index (χ4n) is 2.30. The molecule has 2 N–H and O–H groups in total. The number of amides is 1. The van der Waals surface area contributed by atoms with Crippen LogP contribution in [0.25, 0.3) is 0 Å². The van der Waals surface area contributed by atoms with Crippen molar-refractivity contribution in [1.29, 1.82) is 0 Å². The first-order valence-corrected chi connectivity index (χ1v) is 8.86. The third kappa shape index (κ3) is 6.43. The van der Waals surface area contributed by atoms with Gasteiger partial charge in [0.1, 0.15) is 6.04 Å². The molecule has 0 aromatic carbocycles. The van der Waals surface area contributed by atoms with E-state index in [4.69, 9.17) is 0 Å². The van der Waals surface area contributed by atoms with Gasteiger partial charge in [-0.2, -0.15) is 0 Å². The fraction of sp³-hybridized carbons (Fsp3) is 0.846. The van der Waals surface area contributed by atoms with Crippen molar-refractivity contribution in [2.75, 3.05) is 25.2 Å². The minimum atomic E-state index is -3.08. The van der Waals surface area contributed by atoms with E-state index in [9.17, 15) is 18.0 Å². The molecule has 0 saturated carbocycles. The van der Waals surface area contributed by atoms with Crippen LogP contribution < -0.4 is 10.6 Å². The molecule has 8 heteroatoms. The average Bonchev–Trinajstić information content (AvgIpc) is 2.35. The Kier molecular flexibility index (Phi) is 6.60. The van der Waals surface area contributed by atoms with Crippen LogP contribution in [-0.2, 0) is 24.2 Å². The van der Waals surface area contributed by atoms with E-state index in [2.05, 4.69) is 15.4 Å². The molecule has 1 unspecified atom stereocenters. The van der Waals surface area contributed by atoms with Crippen LogP contribution in [0.5, 0.6) is 0 Å². The Morgan fingerprint density at radius 3 is 2.57 bits per heavy atom. The highest BCUT2D eigenvalue weighted by molar-refractivity contribution is 7.91. The van der Waals surface area contributed by atoms with Crippen molar-refractivity contribution in [3.05, 3.63) is 0 Å². The lowest BCUT2D eigenvalue weighted by molar-refractivity contribution is -0.145. The van der Waals surface area contributed by atoms with Gasteiger partial charge in [0.2, 0.25) is 5.91 Å². The number of esters is 1. The van der Waals surface area contributed by atoms with Gasteiger partial charge in [-0.3, -0.25) is 4.79 Å². The van der Waals surface area contributed by atoms with Gasteiger partial charge in [-0.05, 0) is 12.3 Å². The predicted molar refractivity (Wildman–Crippen MR) is 78.5 cm³/mol. The van der Waals surface area contributed by atoms with Gasteiger partial charge in [0.15, 0.2) is 9.84 Å². The minimum absolute atomic E-state index is 0.0326. The van der Waals surface area contributed by atoms with Crippen LogP contribution in [0, 0.1) is 5.92 Å². The second-order valence-corrected chi connectivity index (χ2v) is 7.97. The summed E-state index contributed by atoms with van der Waals surface area (Å²) in [6.45, 7) is 4.24.